The van der Waals surface area contributed by atoms with E-state index >= 15 is 0 Å². The summed E-state index contributed by atoms with van der Waals surface area (Å²) in [5.41, 5.74) is 0.369. The quantitative estimate of drug-likeness (QED) is 0.364. The first-order chi connectivity index (χ1) is 13.8. The SMILES string of the molecule is O=C(CN1C(=O)C(=Cc2ccccc2Cl)SC1=S)Nc1ccc(O)cc1C(=O)O. The molecule has 0 bridgehead atoms. The molecule has 2 amide bonds. The molecule has 2 aromatic carbocycles. The van der Waals surface area contributed by atoms with Crippen LogP contribution in [-0.2, 0) is 9.59 Å². The van der Waals surface area contributed by atoms with E-state index in [1.54, 1.807) is 30.3 Å². The summed E-state index contributed by atoms with van der Waals surface area (Å²) in [5, 5.41) is 21.5. The van der Waals surface area contributed by atoms with Crippen LogP contribution in [0, 0.1) is 0 Å². The molecule has 148 valence electrons. The second-order valence-electron chi connectivity index (χ2n) is 5.87. The highest BCUT2D eigenvalue weighted by Gasteiger charge is 2.33. The molecule has 10 heteroatoms. The standard InChI is InChI=1S/C19H13ClN2O5S2/c20-13-4-2-1-3-10(13)7-15-17(25)22(19(28)29-15)9-16(24)21-14-6-5-11(23)8-12(14)18(26)27/h1-8,23H,9H2,(H,21,24)(H,26,27). The van der Waals surface area contributed by atoms with E-state index in [9.17, 15) is 24.6 Å². The van der Waals surface area contributed by atoms with Gasteiger partial charge in [0.15, 0.2) is 0 Å². The van der Waals surface area contributed by atoms with Crippen LogP contribution >= 0.6 is 35.6 Å². The maximum atomic E-state index is 12.6. The van der Waals surface area contributed by atoms with Gasteiger partial charge in [-0.1, -0.05) is 53.8 Å². The summed E-state index contributed by atoms with van der Waals surface area (Å²) in [7, 11) is 0. The van der Waals surface area contributed by atoms with Crippen molar-refractivity contribution in [3.8, 4) is 5.75 Å². The zero-order valence-corrected chi connectivity index (χ0v) is 17.0. The van der Waals surface area contributed by atoms with E-state index in [1.165, 1.54) is 12.1 Å². The molecule has 0 unspecified atom stereocenters. The number of nitrogens with zero attached hydrogens (tertiary/aromatic N) is 1. The zero-order chi connectivity index (χ0) is 21.1. The molecule has 0 spiro atoms. The molecule has 0 atom stereocenters. The molecular weight excluding hydrogens is 436 g/mol. The average Bonchev–Trinajstić information content (AvgIpc) is 2.92. The van der Waals surface area contributed by atoms with Gasteiger partial charge in [-0.05, 0) is 35.9 Å². The minimum Gasteiger partial charge on any atom is -0.508 e. The van der Waals surface area contributed by atoms with Gasteiger partial charge < -0.3 is 15.5 Å². The number of nitrogens with one attached hydrogen (secondary N) is 1. The van der Waals surface area contributed by atoms with Gasteiger partial charge in [-0.15, -0.1) is 0 Å². The molecule has 3 N–H and O–H groups in total. The number of hydrogen-bond donors (Lipinski definition) is 3. The number of amides is 2. The molecule has 1 aliphatic rings. The molecule has 7 nitrogen and oxygen atoms in total. The summed E-state index contributed by atoms with van der Waals surface area (Å²) in [6.07, 6.45) is 1.60. The largest absolute Gasteiger partial charge is 0.508 e. The number of carbonyl (C=O) groups is 3. The van der Waals surface area contributed by atoms with Gasteiger partial charge >= 0.3 is 5.97 Å². The highest BCUT2D eigenvalue weighted by molar-refractivity contribution is 8.26. The van der Waals surface area contributed by atoms with Crippen LogP contribution in [0.15, 0.2) is 47.4 Å². The molecule has 2 aromatic rings. The predicted molar refractivity (Wildman–Crippen MR) is 115 cm³/mol. The summed E-state index contributed by atoms with van der Waals surface area (Å²) in [4.78, 5) is 37.7. The predicted octanol–water partition coefficient (Wildman–Crippen LogP) is 3.58. The highest BCUT2D eigenvalue weighted by atomic mass is 35.5. The van der Waals surface area contributed by atoms with Crippen molar-refractivity contribution in [1.29, 1.82) is 0 Å². The van der Waals surface area contributed by atoms with Crippen molar-refractivity contribution >= 4 is 69.4 Å². The Hall–Kier alpha value is -2.88. The minimum atomic E-state index is -1.32. The molecule has 1 aliphatic heterocycles. The van der Waals surface area contributed by atoms with E-state index in [0.29, 0.717) is 15.5 Å². The Morgan fingerprint density at radius 1 is 1.24 bits per heavy atom. The number of thiocarbonyl (C=S) groups is 1. The molecule has 1 heterocycles. The van der Waals surface area contributed by atoms with Crippen molar-refractivity contribution in [2.24, 2.45) is 0 Å². The summed E-state index contributed by atoms with van der Waals surface area (Å²) < 4.78 is 0.201. The first-order valence-corrected chi connectivity index (χ1v) is 9.72. The van der Waals surface area contributed by atoms with E-state index in [1.807, 2.05) is 0 Å². The number of phenolic OH excluding ortho intramolecular Hbond substituents is 1. The summed E-state index contributed by atoms with van der Waals surface area (Å²) in [5.74, 6) is -2.64. The van der Waals surface area contributed by atoms with Crippen molar-refractivity contribution in [2.45, 2.75) is 0 Å². The third kappa shape index (κ3) is 4.76. The number of phenols is 1. The van der Waals surface area contributed by atoms with E-state index in [4.69, 9.17) is 23.8 Å². The van der Waals surface area contributed by atoms with Crippen LogP contribution in [0.3, 0.4) is 0 Å². The van der Waals surface area contributed by atoms with E-state index in [-0.39, 0.29) is 27.9 Å². The Balaban J connectivity index is 1.75. The van der Waals surface area contributed by atoms with Gasteiger partial charge in [-0.3, -0.25) is 14.5 Å². The Kier molecular flexibility index (Phi) is 6.21. The van der Waals surface area contributed by atoms with Crippen LogP contribution in [0.5, 0.6) is 5.75 Å². The fourth-order valence-electron chi connectivity index (χ4n) is 2.52. The van der Waals surface area contributed by atoms with Gasteiger partial charge in [0.05, 0.1) is 16.2 Å². The number of halogens is 1. The monoisotopic (exact) mass is 448 g/mol. The Labute approximate surface area is 180 Å². The average molecular weight is 449 g/mol. The molecule has 0 aliphatic carbocycles. The maximum absolute atomic E-state index is 12.6. The van der Waals surface area contributed by atoms with Gasteiger partial charge in [0, 0.05) is 5.02 Å². The maximum Gasteiger partial charge on any atom is 0.337 e. The lowest BCUT2D eigenvalue weighted by molar-refractivity contribution is -0.126. The lowest BCUT2D eigenvalue weighted by Crippen LogP contribution is -2.36. The third-order valence-corrected chi connectivity index (χ3v) is 5.60. The van der Waals surface area contributed by atoms with Gasteiger partial charge in [0.1, 0.15) is 16.6 Å². The molecule has 1 fully saturated rings. The van der Waals surface area contributed by atoms with Crippen LogP contribution in [0.4, 0.5) is 5.69 Å². The van der Waals surface area contributed by atoms with Crippen LogP contribution in [0.1, 0.15) is 15.9 Å². The molecule has 0 radical (unpaired) electrons. The lowest BCUT2D eigenvalue weighted by atomic mass is 10.1. The van der Waals surface area contributed by atoms with Gasteiger partial charge in [-0.25, -0.2) is 4.79 Å². The number of anilines is 1. The molecule has 0 saturated carbocycles. The number of carbonyl (C=O) groups excluding carboxylic acids is 2. The number of hydrogen-bond acceptors (Lipinski definition) is 6. The Bertz CT molecular complexity index is 1070. The summed E-state index contributed by atoms with van der Waals surface area (Å²) in [6.45, 7) is -0.384. The van der Waals surface area contributed by atoms with E-state index in [0.717, 1.165) is 22.7 Å². The van der Waals surface area contributed by atoms with Crippen molar-refractivity contribution in [1.82, 2.24) is 4.90 Å². The normalized spacial score (nSPS) is 15.1. The summed E-state index contributed by atoms with van der Waals surface area (Å²) in [6, 6.07) is 10.5. The number of carboxylic acids is 1. The van der Waals surface area contributed by atoms with Crippen LogP contribution in [0.2, 0.25) is 5.02 Å². The van der Waals surface area contributed by atoms with Gasteiger partial charge in [-0.2, -0.15) is 0 Å². The van der Waals surface area contributed by atoms with Crippen molar-refractivity contribution in [3.63, 3.8) is 0 Å². The topological polar surface area (TPSA) is 107 Å². The fourth-order valence-corrected chi connectivity index (χ4v) is 3.96. The third-order valence-electron chi connectivity index (χ3n) is 3.87. The Morgan fingerprint density at radius 2 is 1.97 bits per heavy atom. The summed E-state index contributed by atoms with van der Waals surface area (Å²) >= 11 is 12.4. The first kappa shape index (κ1) is 20.8. The van der Waals surface area contributed by atoms with E-state index < -0.39 is 17.8 Å². The molecular formula is C19H13ClN2O5S2. The minimum absolute atomic E-state index is 0.00245. The van der Waals surface area contributed by atoms with Crippen molar-refractivity contribution in [2.75, 3.05) is 11.9 Å². The number of benzene rings is 2. The zero-order valence-electron chi connectivity index (χ0n) is 14.6. The first-order valence-electron chi connectivity index (χ1n) is 8.12. The van der Waals surface area contributed by atoms with Gasteiger partial charge in [0.25, 0.3) is 5.91 Å². The van der Waals surface area contributed by atoms with Crippen molar-refractivity contribution in [3.05, 3.63) is 63.5 Å². The molecule has 29 heavy (non-hydrogen) atoms. The highest BCUT2D eigenvalue weighted by Crippen LogP contribution is 2.33. The number of aromatic hydroxyl groups is 1. The number of rotatable bonds is 5. The number of thioether (sulfide) groups is 1. The smallest absolute Gasteiger partial charge is 0.337 e. The number of aromatic carboxylic acids is 1. The lowest BCUT2D eigenvalue weighted by Gasteiger charge is -2.15. The van der Waals surface area contributed by atoms with Crippen LogP contribution < -0.4 is 5.32 Å². The molecule has 0 aromatic heterocycles. The molecule has 1 saturated heterocycles. The van der Waals surface area contributed by atoms with Crippen LogP contribution in [-0.4, -0.2) is 43.8 Å². The fraction of sp³-hybridized carbons (Fsp3) is 0.0526. The van der Waals surface area contributed by atoms with E-state index in [2.05, 4.69) is 5.32 Å². The van der Waals surface area contributed by atoms with Crippen molar-refractivity contribution < 1.29 is 24.6 Å². The Morgan fingerprint density at radius 3 is 2.66 bits per heavy atom. The number of carboxylic acid groups (broad SMARTS) is 1. The van der Waals surface area contributed by atoms with Crippen LogP contribution in [0.25, 0.3) is 6.08 Å². The van der Waals surface area contributed by atoms with Gasteiger partial charge in [0.2, 0.25) is 5.91 Å². The second-order valence-corrected chi connectivity index (χ2v) is 7.96. The second kappa shape index (κ2) is 8.64. The molecule has 3 rings (SSSR count).